The third-order valence-electron chi connectivity index (χ3n) is 13.0. The average Bonchev–Trinajstić information content (AvgIpc) is 3.35. The van der Waals surface area contributed by atoms with E-state index < -0.39 is 6.10 Å². The Morgan fingerprint density at radius 2 is 0.565 bits per heavy atom. The Morgan fingerprint density at radius 1 is 0.304 bits per heavy atom. The highest BCUT2D eigenvalue weighted by Gasteiger charge is 2.19. The van der Waals surface area contributed by atoms with E-state index in [-0.39, 0.29) is 31.1 Å². The van der Waals surface area contributed by atoms with Crippen LogP contribution in [0.4, 0.5) is 0 Å². The van der Waals surface area contributed by atoms with E-state index in [1.165, 1.54) is 154 Å². The highest BCUT2D eigenvalue weighted by atomic mass is 16.6. The molecule has 69 heavy (non-hydrogen) atoms. The molecule has 0 N–H and O–H groups in total. The van der Waals surface area contributed by atoms with Crippen molar-refractivity contribution in [2.45, 2.75) is 309 Å². The lowest BCUT2D eigenvalue weighted by Gasteiger charge is -2.18. The van der Waals surface area contributed by atoms with Gasteiger partial charge in [-0.15, -0.1) is 0 Å². The second-order valence-electron chi connectivity index (χ2n) is 19.9. The molecule has 0 spiro atoms. The van der Waals surface area contributed by atoms with E-state index in [0.717, 1.165) is 109 Å². The molecule has 0 fully saturated rings. The molecular weight excluding hydrogens is 853 g/mol. The van der Waals surface area contributed by atoms with Crippen LogP contribution in [0.3, 0.4) is 0 Å². The van der Waals surface area contributed by atoms with Crippen molar-refractivity contribution >= 4 is 17.9 Å². The summed E-state index contributed by atoms with van der Waals surface area (Å²) in [6.45, 7) is 6.53. The molecule has 0 rings (SSSR count). The van der Waals surface area contributed by atoms with Gasteiger partial charge in [0.25, 0.3) is 0 Å². The predicted molar refractivity (Wildman–Crippen MR) is 298 cm³/mol. The summed E-state index contributed by atoms with van der Waals surface area (Å²) in [5.74, 6) is -0.891. The Bertz CT molecular complexity index is 1250. The van der Waals surface area contributed by atoms with Gasteiger partial charge in [-0.3, -0.25) is 14.4 Å². The third kappa shape index (κ3) is 55.9. The predicted octanol–water partition coefficient (Wildman–Crippen LogP) is 20.0. The molecule has 0 amide bonds. The van der Waals surface area contributed by atoms with Crippen LogP contribution < -0.4 is 0 Å². The molecule has 6 nitrogen and oxygen atoms in total. The first kappa shape index (κ1) is 66.1. The summed E-state index contributed by atoms with van der Waals surface area (Å²) in [5.41, 5.74) is 0. The van der Waals surface area contributed by atoms with Crippen LogP contribution in [0.2, 0.25) is 0 Å². The summed E-state index contributed by atoms with van der Waals surface area (Å²) >= 11 is 0. The number of carbonyl (C=O) groups excluding carboxylic acids is 3. The largest absolute Gasteiger partial charge is 0.462 e. The lowest BCUT2D eigenvalue weighted by molar-refractivity contribution is -0.167. The molecule has 0 saturated carbocycles. The molecule has 0 aliphatic heterocycles. The van der Waals surface area contributed by atoms with Gasteiger partial charge < -0.3 is 14.2 Å². The topological polar surface area (TPSA) is 78.9 Å². The van der Waals surface area contributed by atoms with Crippen LogP contribution in [0.5, 0.6) is 0 Å². The fourth-order valence-corrected chi connectivity index (χ4v) is 8.55. The minimum atomic E-state index is -0.783. The molecule has 0 aliphatic carbocycles. The Labute approximate surface area is 428 Å². The molecular formula is C63H112O6. The SMILES string of the molecule is CC/C=C\C/C=C\C/C=C\CCCCCCCC(=O)OCC(COC(=O)CCCCCCCCC/C=C\C/C=C\CCCCCC)OC(=O)CCCCCCCCCCCCCCCCCCCC. The van der Waals surface area contributed by atoms with Crippen molar-refractivity contribution in [1.29, 1.82) is 0 Å². The first-order valence-electron chi connectivity index (χ1n) is 29.8. The van der Waals surface area contributed by atoms with Gasteiger partial charge in [-0.25, -0.2) is 0 Å². The number of rotatable bonds is 54. The van der Waals surface area contributed by atoms with Crippen LogP contribution in [0.25, 0.3) is 0 Å². The Hall–Kier alpha value is -2.89. The summed E-state index contributed by atoms with van der Waals surface area (Å²) in [7, 11) is 0. The minimum Gasteiger partial charge on any atom is -0.462 e. The van der Waals surface area contributed by atoms with Gasteiger partial charge in [0.1, 0.15) is 13.2 Å². The van der Waals surface area contributed by atoms with Crippen molar-refractivity contribution in [2.24, 2.45) is 0 Å². The summed E-state index contributed by atoms with van der Waals surface area (Å²) in [5, 5.41) is 0. The molecule has 0 radical (unpaired) electrons. The van der Waals surface area contributed by atoms with E-state index in [2.05, 4.69) is 81.5 Å². The molecule has 6 heteroatoms. The Kier molecular flexibility index (Phi) is 55.3. The molecule has 0 aromatic carbocycles. The molecule has 0 heterocycles. The zero-order valence-electron chi connectivity index (χ0n) is 45.8. The van der Waals surface area contributed by atoms with Crippen LogP contribution in [-0.4, -0.2) is 37.2 Å². The lowest BCUT2D eigenvalue weighted by Crippen LogP contribution is -2.30. The van der Waals surface area contributed by atoms with E-state index in [4.69, 9.17) is 14.2 Å². The van der Waals surface area contributed by atoms with Crippen molar-refractivity contribution in [3.8, 4) is 0 Å². The number of carbonyl (C=O) groups is 3. The summed E-state index contributed by atoms with van der Waals surface area (Å²) in [4.78, 5) is 38.2. The van der Waals surface area contributed by atoms with Crippen molar-refractivity contribution < 1.29 is 28.6 Å². The molecule has 0 aromatic rings. The zero-order chi connectivity index (χ0) is 50.0. The van der Waals surface area contributed by atoms with Crippen molar-refractivity contribution in [3.63, 3.8) is 0 Å². The molecule has 0 aliphatic rings. The third-order valence-corrected chi connectivity index (χ3v) is 13.0. The smallest absolute Gasteiger partial charge is 0.306 e. The fourth-order valence-electron chi connectivity index (χ4n) is 8.55. The average molecular weight is 966 g/mol. The van der Waals surface area contributed by atoms with E-state index >= 15 is 0 Å². The summed E-state index contributed by atoms with van der Waals surface area (Å²) in [6.07, 6.45) is 72.1. The highest BCUT2D eigenvalue weighted by molar-refractivity contribution is 5.71. The van der Waals surface area contributed by atoms with Gasteiger partial charge in [0.2, 0.25) is 0 Å². The van der Waals surface area contributed by atoms with Crippen molar-refractivity contribution in [3.05, 3.63) is 60.8 Å². The highest BCUT2D eigenvalue weighted by Crippen LogP contribution is 2.16. The summed E-state index contributed by atoms with van der Waals surface area (Å²) < 4.78 is 16.9. The Morgan fingerprint density at radius 3 is 0.899 bits per heavy atom. The van der Waals surface area contributed by atoms with Gasteiger partial charge in [0.15, 0.2) is 6.10 Å². The number of esters is 3. The maximum absolute atomic E-state index is 12.9. The number of hydrogen-bond acceptors (Lipinski definition) is 6. The van der Waals surface area contributed by atoms with Gasteiger partial charge >= 0.3 is 17.9 Å². The van der Waals surface area contributed by atoms with Crippen LogP contribution in [0.15, 0.2) is 60.8 Å². The van der Waals surface area contributed by atoms with Crippen LogP contribution in [0, 0.1) is 0 Å². The quantitative estimate of drug-likeness (QED) is 0.0262. The maximum Gasteiger partial charge on any atom is 0.306 e. The van der Waals surface area contributed by atoms with Crippen molar-refractivity contribution in [1.82, 2.24) is 0 Å². The van der Waals surface area contributed by atoms with Crippen LogP contribution in [-0.2, 0) is 28.6 Å². The number of hydrogen-bond donors (Lipinski definition) is 0. The van der Waals surface area contributed by atoms with Crippen LogP contribution in [0.1, 0.15) is 303 Å². The normalized spacial score (nSPS) is 12.4. The first-order chi connectivity index (χ1) is 34.0. The molecule has 1 atom stereocenters. The lowest BCUT2D eigenvalue weighted by atomic mass is 10.0. The second kappa shape index (κ2) is 57.7. The van der Waals surface area contributed by atoms with Gasteiger partial charge in [-0.05, 0) is 83.5 Å². The second-order valence-corrected chi connectivity index (χ2v) is 19.9. The van der Waals surface area contributed by atoms with E-state index in [1.54, 1.807) is 0 Å². The molecule has 1 unspecified atom stereocenters. The minimum absolute atomic E-state index is 0.0816. The molecule has 0 aromatic heterocycles. The maximum atomic E-state index is 12.9. The van der Waals surface area contributed by atoms with E-state index in [1.807, 2.05) is 0 Å². The number of ether oxygens (including phenoxy) is 3. The monoisotopic (exact) mass is 965 g/mol. The summed E-state index contributed by atoms with van der Waals surface area (Å²) in [6, 6.07) is 0. The van der Waals surface area contributed by atoms with E-state index in [0.29, 0.717) is 19.3 Å². The standard InChI is InChI=1S/C63H112O6/c1-4-7-10-13-16-19-22-25-28-30-32-35-38-41-44-47-50-53-56-62(65)68-59-60(58-67-61(64)55-52-49-46-43-40-37-34-27-24-21-18-15-12-9-6-3)69-63(66)57-54-51-48-45-42-39-36-33-31-29-26-23-20-17-14-11-8-5-2/h9,12,18-19,21-22,27-28,30,34,60H,4-8,10-11,13-17,20,23-26,29,31-33,35-59H2,1-3H3/b12-9-,21-18-,22-19-,30-28-,34-27-. The van der Waals surface area contributed by atoms with Gasteiger partial charge in [-0.2, -0.15) is 0 Å². The van der Waals surface area contributed by atoms with Gasteiger partial charge in [-0.1, -0.05) is 261 Å². The molecule has 0 saturated heterocycles. The zero-order valence-corrected chi connectivity index (χ0v) is 45.8. The van der Waals surface area contributed by atoms with Gasteiger partial charge in [0, 0.05) is 19.3 Å². The van der Waals surface area contributed by atoms with Crippen molar-refractivity contribution in [2.75, 3.05) is 13.2 Å². The molecule has 400 valence electrons. The van der Waals surface area contributed by atoms with Crippen LogP contribution >= 0.6 is 0 Å². The van der Waals surface area contributed by atoms with Gasteiger partial charge in [0.05, 0.1) is 0 Å². The first-order valence-corrected chi connectivity index (χ1v) is 29.8. The van der Waals surface area contributed by atoms with E-state index in [9.17, 15) is 14.4 Å². The Balaban J connectivity index is 4.38. The number of allylic oxidation sites excluding steroid dienone is 10. The fraction of sp³-hybridized carbons (Fsp3) is 0.794. The molecule has 0 bridgehead atoms. The number of unbranched alkanes of at least 4 members (excludes halogenated alkanes) is 33.